The van der Waals surface area contributed by atoms with Crippen LogP contribution in [0.2, 0.25) is 0 Å². The van der Waals surface area contributed by atoms with E-state index in [0.29, 0.717) is 24.7 Å². The molecule has 0 amide bonds. The molecule has 1 aliphatic rings. The van der Waals surface area contributed by atoms with Crippen molar-refractivity contribution < 1.29 is 13.2 Å². The minimum absolute atomic E-state index is 0.315. The molecule has 1 aromatic carbocycles. The molecule has 1 fully saturated rings. The Balaban J connectivity index is 2.27. The Bertz CT molecular complexity index is 405. The number of anilines is 1. The predicted molar refractivity (Wildman–Crippen MR) is 70.2 cm³/mol. The molecule has 0 aliphatic carbocycles. The summed E-state index contributed by atoms with van der Waals surface area (Å²) in [4.78, 5) is 1.86. The second-order valence-corrected chi connectivity index (χ2v) is 5.27. The third-order valence-corrected chi connectivity index (χ3v) is 4.20. The molecule has 0 aromatic heterocycles. The van der Waals surface area contributed by atoms with E-state index in [9.17, 15) is 13.2 Å². The van der Waals surface area contributed by atoms with Crippen molar-refractivity contribution >= 4 is 21.6 Å². The lowest BCUT2D eigenvalue weighted by molar-refractivity contribution is -0.137. The highest BCUT2D eigenvalue weighted by Gasteiger charge is 2.35. The molecule has 5 heteroatoms. The van der Waals surface area contributed by atoms with Gasteiger partial charge in [0.2, 0.25) is 0 Å². The van der Waals surface area contributed by atoms with Gasteiger partial charge in [-0.25, -0.2) is 0 Å². The smallest absolute Gasteiger partial charge is 0.371 e. The van der Waals surface area contributed by atoms with Gasteiger partial charge in [0.15, 0.2) is 0 Å². The fourth-order valence-electron chi connectivity index (χ4n) is 2.40. The van der Waals surface area contributed by atoms with Crippen molar-refractivity contribution in [2.45, 2.75) is 19.0 Å². The zero-order valence-electron chi connectivity index (χ0n) is 9.88. The van der Waals surface area contributed by atoms with Gasteiger partial charge in [0.05, 0.1) is 5.56 Å². The van der Waals surface area contributed by atoms with Gasteiger partial charge in [0.1, 0.15) is 0 Å². The average molecular weight is 322 g/mol. The standard InChI is InChI=1S/C13H15BrF3N/c14-8-10-4-3-7-18(9-10)12-6-2-1-5-11(12)13(15,16)17/h1-2,5-6,10H,3-4,7-9H2. The summed E-state index contributed by atoms with van der Waals surface area (Å²) >= 11 is 3.42. The van der Waals surface area contributed by atoms with Crippen LogP contribution in [0.25, 0.3) is 0 Å². The molecule has 0 saturated carbocycles. The number of alkyl halides is 4. The maximum Gasteiger partial charge on any atom is 0.418 e. The second kappa shape index (κ2) is 5.51. The first-order valence-electron chi connectivity index (χ1n) is 5.99. The minimum atomic E-state index is -4.28. The third-order valence-electron chi connectivity index (χ3n) is 3.29. The van der Waals surface area contributed by atoms with E-state index in [0.717, 1.165) is 24.2 Å². The lowest BCUT2D eigenvalue weighted by Crippen LogP contribution is -2.37. The molecule has 1 atom stereocenters. The Labute approximate surface area is 113 Å². The number of hydrogen-bond donors (Lipinski definition) is 0. The van der Waals surface area contributed by atoms with Crippen molar-refractivity contribution in [1.29, 1.82) is 0 Å². The van der Waals surface area contributed by atoms with E-state index < -0.39 is 11.7 Å². The molecular formula is C13H15BrF3N. The zero-order chi connectivity index (χ0) is 13.2. The van der Waals surface area contributed by atoms with E-state index in [1.807, 2.05) is 4.90 Å². The molecule has 1 nitrogen and oxygen atoms in total. The van der Waals surface area contributed by atoms with Gasteiger partial charge in [-0.05, 0) is 30.9 Å². The van der Waals surface area contributed by atoms with E-state index in [2.05, 4.69) is 15.9 Å². The zero-order valence-corrected chi connectivity index (χ0v) is 11.5. The minimum Gasteiger partial charge on any atom is -0.371 e. The quantitative estimate of drug-likeness (QED) is 0.733. The number of para-hydroxylation sites is 1. The second-order valence-electron chi connectivity index (χ2n) is 4.62. The first-order chi connectivity index (χ1) is 8.52. The fraction of sp³-hybridized carbons (Fsp3) is 0.538. The number of nitrogens with zero attached hydrogens (tertiary/aromatic N) is 1. The van der Waals surface area contributed by atoms with Gasteiger partial charge in [-0.1, -0.05) is 28.1 Å². The summed E-state index contributed by atoms with van der Waals surface area (Å²) in [5.41, 5.74) is -0.212. The summed E-state index contributed by atoms with van der Waals surface area (Å²) in [6.07, 6.45) is -2.25. The average Bonchev–Trinajstić information content (AvgIpc) is 2.38. The Kier molecular flexibility index (Phi) is 4.20. The molecule has 1 aliphatic heterocycles. The van der Waals surface area contributed by atoms with Gasteiger partial charge < -0.3 is 4.90 Å². The largest absolute Gasteiger partial charge is 0.418 e. The predicted octanol–water partition coefficient (Wildman–Crippen LogP) is 4.32. The summed E-state index contributed by atoms with van der Waals surface area (Å²) in [5, 5.41) is 0.845. The lowest BCUT2D eigenvalue weighted by Gasteiger charge is -2.35. The molecule has 100 valence electrons. The first kappa shape index (κ1) is 13.7. The topological polar surface area (TPSA) is 3.24 Å². The molecular weight excluding hydrogens is 307 g/mol. The highest BCUT2D eigenvalue weighted by atomic mass is 79.9. The molecule has 1 unspecified atom stereocenters. The number of halogens is 4. The van der Waals surface area contributed by atoms with Crippen LogP contribution < -0.4 is 4.90 Å². The maximum absolute atomic E-state index is 12.9. The summed E-state index contributed by atoms with van der Waals surface area (Å²) in [7, 11) is 0. The van der Waals surface area contributed by atoms with Crippen molar-refractivity contribution in [3.63, 3.8) is 0 Å². The molecule has 0 spiro atoms. The number of hydrogen-bond acceptors (Lipinski definition) is 1. The normalized spacial score (nSPS) is 21.1. The van der Waals surface area contributed by atoms with Crippen molar-refractivity contribution in [3.05, 3.63) is 29.8 Å². The Morgan fingerprint density at radius 3 is 2.67 bits per heavy atom. The SMILES string of the molecule is FC(F)(F)c1ccccc1N1CCCC(CBr)C1. The van der Waals surface area contributed by atoms with Crippen molar-refractivity contribution in [3.8, 4) is 0 Å². The van der Waals surface area contributed by atoms with Crippen molar-refractivity contribution in [1.82, 2.24) is 0 Å². The van der Waals surface area contributed by atoms with Crippen LogP contribution in [0.4, 0.5) is 18.9 Å². The van der Waals surface area contributed by atoms with Crippen LogP contribution in [-0.4, -0.2) is 18.4 Å². The van der Waals surface area contributed by atoms with Gasteiger partial charge in [-0.3, -0.25) is 0 Å². The summed E-state index contributed by atoms with van der Waals surface area (Å²) in [5.74, 6) is 0.431. The summed E-state index contributed by atoms with van der Waals surface area (Å²) in [6.45, 7) is 1.40. The fourth-order valence-corrected chi connectivity index (χ4v) is 2.93. The molecule has 1 heterocycles. The lowest BCUT2D eigenvalue weighted by atomic mass is 9.98. The molecule has 1 aromatic rings. The molecule has 1 saturated heterocycles. The van der Waals surface area contributed by atoms with E-state index >= 15 is 0 Å². The Morgan fingerprint density at radius 1 is 1.28 bits per heavy atom. The van der Waals surface area contributed by atoms with Crippen LogP contribution in [-0.2, 0) is 6.18 Å². The van der Waals surface area contributed by atoms with Gasteiger partial charge >= 0.3 is 6.18 Å². The summed E-state index contributed by atoms with van der Waals surface area (Å²) in [6, 6.07) is 5.84. The van der Waals surface area contributed by atoms with Crippen LogP contribution in [0.15, 0.2) is 24.3 Å². The molecule has 2 rings (SSSR count). The van der Waals surface area contributed by atoms with Gasteiger partial charge in [-0.15, -0.1) is 0 Å². The Morgan fingerprint density at radius 2 is 2.00 bits per heavy atom. The van der Waals surface area contributed by atoms with Gasteiger partial charge in [0, 0.05) is 24.1 Å². The molecule has 18 heavy (non-hydrogen) atoms. The number of piperidine rings is 1. The Hall–Kier alpha value is -0.710. The van der Waals surface area contributed by atoms with Crippen LogP contribution >= 0.6 is 15.9 Å². The van der Waals surface area contributed by atoms with Gasteiger partial charge in [-0.2, -0.15) is 13.2 Å². The van der Waals surface area contributed by atoms with E-state index in [4.69, 9.17) is 0 Å². The van der Waals surface area contributed by atoms with Crippen LogP contribution in [0, 0.1) is 5.92 Å². The third kappa shape index (κ3) is 2.99. The monoisotopic (exact) mass is 321 g/mol. The summed E-state index contributed by atoms with van der Waals surface area (Å²) < 4.78 is 38.8. The first-order valence-corrected chi connectivity index (χ1v) is 7.11. The van der Waals surface area contributed by atoms with Gasteiger partial charge in [0.25, 0.3) is 0 Å². The maximum atomic E-state index is 12.9. The van der Waals surface area contributed by atoms with Crippen LogP contribution in [0.1, 0.15) is 18.4 Å². The van der Waals surface area contributed by atoms with E-state index in [1.165, 1.54) is 6.07 Å². The number of benzene rings is 1. The number of rotatable bonds is 2. The highest BCUT2D eigenvalue weighted by Crippen LogP contribution is 2.37. The van der Waals surface area contributed by atoms with Crippen LogP contribution in [0.5, 0.6) is 0 Å². The molecule has 0 bridgehead atoms. The molecule has 0 radical (unpaired) electrons. The van der Waals surface area contributed by atoms with Crippen molar-refractivity contribution in [2.24, 2.45) is 5.92 Å². The van der Waals surface area contributed by atoms with Crippen LogP contribution in [0.3, 0.4) is 0 Å². The van der Waals surface area contributed by atoms with E-state index in [1.54, 1.807) is 12.1 Å². The molecule has 0 N–H and O–H groups in total. The highest BCUT2D eigenvalue weighted by molar-refractivity contribution is 9.09. The van der Waals surface area contributed by atoms with Crippen molar-refractivity contribution in [2.75, 3.05) is 23.3 Å². The van der Waals surface area contributed by atoms with E-state index in [-0.39, 0.29) is 0 Å².